The highest BCUT2D eigenvalue weighted by Crippen LogP contribution is 2.44. The summed E-state index contributed by atoms with van der Waals surface area (Å²) in [7, 11) is 0. The quantitative estimate of drug-likeness (QED) is 0.242. The number of piperidine rings is 1. The number of likely N-dealkylation sites (N-methyl/N-ethyl adjacent to an activating group) is 1. The molecule has 0 spiro atoms. The van der Waals surface area contributed by atoms with E-state index in [4.69, 9.17) is 5.73 Å². The molecule has 2 saturated carbocycles. The first-order chi connectivity index (χ1) is 19.6. The molecule has 0 aromatic heterocycles. The van der Waals surface area contributed by atoms with Crippen LogP contribution in [0.4, 0.5) is 0 Å². The van der Waals surface area contributed by atoms with Crippen molar-refractivity contribution in [2.24, 2.45) is 29.4 Å². The molecule has 1 saturated heterocycles. The molecular formula is C30H50N4O7. The van der Waals surface area contributed by atoms with Gasteiger partial charge in [-0.15, -0.1) is 0 Å². The van der Waals surface area contributed by atoms with Crippen molar-refractivity contribution in [3.8, 4) is 0 Å². The fraction of sp³-hybridized carbons (Fsp3) is 0.833. The van der Waals surface area contributed by atoms with Crippen LogP contribution in [0, 0.1) is 23.7 Å². The van der Waals surface area contributed by atoms with Gasteiger partial charge < -0.3 is 26.2 Å². The van der Waals surface area contributed by atoms with Crippen LogP contribution in [0.3, 0.4) is 0 Å². The minimum Gasteiger partial charge on any atom is -0.481 e. The number of nitrogens with zero attached hydrogens (tertiary/aromatic N) is 2. The van der Waals surface area contributed by atoms with Gasteiger partial charge in [0.25, 0.3) is 0 Å². The average molecular weight is 579 g/mol. The van der Waals surface area contributed by atoms with E-state index in [0.717, 1.165) is 58.0 Å². The lowest BCUT2D eigenvalue weighted by molar-refractivity contribution is -0.161. The molecule has 232 valence electrons. The van der Waals surface area contributed by atoms with Crippen LogP contribution in [0.5, 0.6) is 0 Å². The molecule has 3 amide bonds. The molecule has 1 unspecified atom stereocenters. The molecule has 5 atom stereocenters. The molecule has 0 radical (unpaired) electrons. The minimum atomic E-state index is -1.57. The number of nitrogens with two attached hydrogens (primary N) is 1. The number of amides is 3. The monoisotopic (exact) mass is 578 g/mol. The van der Waals surface area contributed by atoms with E-state index in [2.05, 4.69) is 5.32 Å². The Morgan fingerprint density at radius 1 is 0.902 bits per heavy atom. The molecule has 5 N–H and O–H groups in total. The smallest absolute Gasteiger partial charge is 0.326 e. The lowest BCUT2D eigenvalue weighted by atomic mass is 9.66. The Balaban J connectivity index is 1.71. The van der Waals surface area contributed by atoms with Gasteiger partial charge in [0.15, 0.2) is 0 Å². The minimum absolute atomic E-state index is 0.0353. The van der Waals surface area contributed by atoms with E-state index in [-0.39, 0.29) is 31.2 Å². The molecular weight excluding hydrogens is 528 g/mol. The number of hydrogen-bond acceptors (Lipinski definition) is 7. The molecule has 0 aromatic rings. The van der Waals surface area contributed by atoms with Crippen molar-refractivity contribution < 1.29 is 34.2 Å². The van der Waals surface area contributed by atoms with Crippen molar-refractivity contribution in [1.29, 1.82) is 0 Å². The number of hydrogen-bond donors (Lipinski definition) is 4. The Bertz CT molecular complexity index is 923. The summed E-state index contributed by atoms with van der Waals surface area (Å²) in [6.07, 6.45) is 10.9. The summed E-state index contributed by atoms with van der Waals surface area (Å²) in [6.45, 7) is 3.47. The second kappa shape index (κ2) is 16.2. The van der Waals surface area contributed by atoms with E-state index in [1.807, 2.05) is 0 Å². The van der Waals surface area contributed by atoms with Gasteiger partial charge in [-0.1, -0.05) is 32.1 Å². The van der Waals surface area contributed by atoms with Gasteiger partial charge >= 0.3 is 11.9 Å². The zero-order chi connectivity index (χ0) is 29.9. The summed E-state index contributed by atoms with van der Waals surface area (Å²) in [5.41, 5.74) is 5.87. The average Bonchev–Trinajstić information content (AvgIpc) is 2.95. The van der Waals surface area contributed by atoms with Crippen LogP contribution in [0.25, 0.3) is 0 Å². The summed E-state index contributed by atoms with van der Waals surface area (Å²) in [4.78, 5) is 65.8. The Morgan fingerprint density at radius 3 is 2.22 bits per heavy atom. The van der Waals surface area contributed by atoms with Crippen molar-refractivity contribution in [3.63, 3.8) is 0 Å². The fourth-order valence-electron chi connectivity index (χ4n) is 7.21. The van der Waals surface area contributed by atoms with Gasteiger partial charge in [-0.2, -0.15) is 0 Å². The standard InChI is InChI=1S/C30H50N4O7/c1-2-33(26(35)9-5-6-20-12-14-32-15-13-20)19-27(36)34(29(39)24(31)18-28(37)38)25(30(40)41)17-21-10-11-22-7-3-4-8-23(22)16-21/h20-25,32H,2-19,31H2,1H3,(H,37,38)(H,40,41)/t21-,22-,23?,24+,25+/m1/s1. The molecule has 3 aliphatic rings. The number of carbonyl (C=O) groups excluding carboxylic acids is 3. The Labute approximate surface area is 243 Å². The van der Waals surface area contributed by atoms with Crippen LogP contribution in [-0.2, 0) is 24.0 Å². The predicted octanol–water partition coefficient (Wildman–Crippen LogP) is 2.61. The summed E-state index contributed by atoms with van der Waals surface area (Å²) < 4.78 is 0. The Morgan fingerprint density at radius 2 is 1.59 bits per heavy atom. The van der Waals surface area contributed by atoms with Crippen molar-refractivity contribution >= 4 is 29.7 Å². The van der Waals surface area contributed by atoms with E-state index in [9.17, 15) is 34.2 Å². The van der Waals surface area contributed by atoms with Crippen molar-refractivity contribution in [2.45, 2.75) is 109 Å². The number of imide groups is 1. The summed E-state index contributed by atoms with van der Waals surface area (Å²) in [6, 6.07) is -3.03. The molecule has 11 nitrogen and oxygen atoms in total. The van der Waals surface area contributed by atoms with Gasteiger partial charge in [0.05, 0.1) is 12.5 Å². The molecule has 41 heavy (non-hydrogen) atoms. The van der Waals surface area contributed by atoms with Gasteiger partial charge in [0.2, 0.25) is 17.7 Å². The maximum Gasteiger partial charge on any atom is 0.326 e. The first-order valence-electron chi connectivity index (χ1n) is 15.6. The number of carboxylic acid groups (broad SMARTS) is 2. The van der Waals surface area contributed by atoms with Crippen LogP contribution in [0.15, 0.2) is 0 Å². The van der Waals surface area contributed by atoms with Gasteiger partial charge in [-0.05, 0) is 88.6 Å². The first-order valence-corrected chi connectivity index (χ1v) is 15.6. The maximum absolute atomic E-state index is 13.6. The number of rotatable bonds is 14. The number of aliphatic carboxylic acids is 2. The summed E-state index contributed by atoms with van der Waals surface area (Å²) in [5.74, 6) is -2.92. The molecule has 11 heteroatoms. The van der Waals surface area contributed by atoms with E-state index >= 15 is 0 Å². The lowest BCUT2D eigenvalue weighted by Crippen LogP contribution is -2.57. The highest BCUT2D eigenvalue weighted by atomic mass is 16.4. The van der Waals surface area contributed by atoms with E-state index in [0.29, 0.717) is 29.1 Å². The second-order valence-corrected chi connectivity index (χ2v) is 12.4. The van der Waals surface area contributed by atoms with E-state index in [1.54, 1.807) is 6.92 Å². The molecule has 3 rings (SSSR count). The number of carbonyl (C=O) groups is 5. The first kappa shape index (κ1) is 33.0. The van der Waals surface area contributed by atoms with Crippen LogP contribution in [-0.4, -0.2) is 87.9 Å². The summed E-state index contributed by atoms with van der Waals surface area (Å²) >= 11 is 0. The maximum atomic E-state index is 13.6. The highest BCUT2D eigenvalue weighted by molar-refractivity contribution is 6.03. The Hall–Kier alpha value is -2.53. The molecule has 3 fully saturated rings. The molecule has 0 aromatic carbocycles. The van der Waals surface area contributed by atoms with Crippen molar-refractivity contribution in [2.75, 3.05) is 26.2 Å². The Kier molecular flexibility index (Phi) is 13.0. The van der Waals surface area contributed by atoms with Gasteiger partial charge in [0, 0.05) is 13.0 Å². The SMILES string of the molecule is CCN(CC(=O)N(C(=O)[C@@H](N)CC(=O)O)[C@@H](C[C@@H]1CC[C@H]2CCCCC2C1)C(=O)O)C(=O)CCCC1CCNCC1. The zero-order valence-electron chi connectivity index (χ0n) is 24.6. The van der Waals surface area contributed by atoms with Crippen LogP contribution in [0.1, 0.15) is 96.8 Å². The largest absolute Gasteiger partial charge is 0.481 e. The number of nitrogens with one attached hydrogen (secondary N) is 1. The molecule has 0 bridgehead atoms. The number of carboxylic acids is 2. The second-order valence-electron chi connectivity index (χ2n) is 12.4. The van der Waals surface area contributed by atoms with Crippen LogP contribution >= 0.6 is 0 Å². The normalized spacial score (nSPS) is 24.5. The topological polar surface area (TPSA) is 170 Å². The van der Waals surface area contributed by atoms with Gasteiger partial charge in [-0.3, -0.25) is 24.1 Å². The van der Waals surface area contributed by atoms with Gasteiger partial charge in [-0.25, -0.2) is 4.79 Å². The third-order valence-electron chi connectivity index (χ3n) is 9.54. The van der Waals surface area contributed by atoms with Crippen LogP contribution < -0.4 is 11.1 Å². The lowest BCUT2D eigenvalue weighted by Gasteiger charge is -2.41. The van der Waals surface area contributed by atoms with Crippen molar-refractivity contribution in [3.05, 3.63) is 0 Å². The molecule has 2 aliphatic carbocycles. The third-order valence-corrected chi connectivity index (χ3v) is 9.54. The molecule has 1 heterocycles. The van der Waals surface area contributed by atoms with Gasteiger partial charge in [0.1, 0.15) is 12.6 Å². The van der Waals surface area contributed by atoms with E-state index in [1.165, 1.54) is 24.2 Å². The molecule has 1 aliphatic heterocycles. The van der Waals surface area contributed by atoms with Crippen molar-refractivity contribution in [1.82, 2.24) is 15.1 Å². The highest BCUT2D eigenvalue weighted by Gasteiger charge is 2.41. The predicted molar refractivity (Wildman–Crippen MR) is 153 cm³/mol. The van der Waals surface area contributed by atoms with E-state index < -0.39 is 48.8 Å². The number of fused-ring (bicyclic) bond motifs is 1. The third kappa shape index (κ3) is 9.77. The summed E-state index contributed by atoms with van der Waals surface area (Å²) in [5, 5.41) is 22.7. The zero-order valence-corrected chi connectivity index (χ0v) is 24.6. The van der Waals surface area contributed by atoms with Crippen LogP contribution in [0.2, 0.25) is 0 Å². The fourth-order valence-corrected chi connectivity index (χ4v) is 7.21.